The van der Waals surface area contributed by atoms with Gasteiger partial charge in [-0.3, -0.25) is 9.69 Å². The first-order valence-corrected chi connectivity index (χ1v) is 9.28. The molecule has 0 heterocycles. The minimum absolute atomic E-state index is 0.000309. The number of urea groups is 1. The molecular formula is C19H25F3N3O3. The van der Waals surface area contributed by atoms with E-state index in [2.05, 4.69) is 10.1 Å². The summed E-state index contributed by atoms with van der Waals surface area (Å²) in [5.74, 6) is -0.350. The molecule has 1 aromatic rings. The molecule has 0 unspecified atom stereocenters. The van der Waals surface area contributed by atoms with E-state index < -0.39 is 18.3 Å². The Hall–Kier alpha value is -2.45. The van der Waals surface area contributed by atoms with Crippen molar-refractivity contribution in [3.63, 3.8) is 0 Å². The Morgan fingerprint density at radius 1 is 1.25 bits per heavy atom. The van der Waals surface area contributed by atoms with Crippen molar-refractivity contribution in [3.05, 3.63) is 30.7 Å². The molecule has 28 heavy (non-hydrogen) atoms. The number of nitrogens with zero attached hydrogens (tertiary/aromatic N) is 1. The van der Waals surface area contributed by atoms with E-state index in [0.29, 0.717) is 18.0 Å². The van der Waals surface area contributed by atoms with Gasteiger partial charge in [-0.2, -0.15) is 0 Å². The van der Waals surface area contributed by atoms with Crippen molar-refractivity contribution in [2.45, 2.75) is 44.9 Å². The predicted octanol–water partition coefficient (Wildman–Crippen LogP) is 4.08. The zero-order chi connectivity index (χ0) is 20.6. The summed E-state index contributed by atoms with van der Waals surface area (Å²) in [6.45, 7) is 0.140. The number of nitrogens with one attached hydrogen (secondary N) is 1. The number of nitrogens with two attached hydrogens (primary N) is 1. The average Bonchev–Trinajstić information content (AvgIpc) is 2.63. The maximum absolute atomic E-state index is 12.3. The number of amides is 3. The molecule has 0 saturated heterocycles. The van der Waals surface area contributed by atoms with Gasteiger partial charge in [0, 0.05) is 24.8 Å². The number of benzene rings is 1. The highest BCUT2D eigenvalue weighted by molar-refractivity contribution is 5.98. The second-order valence-corrected chi connectivity index (χ2v) is 6.77. The average molecular weight is 400 g/mol. The van der Waals surface area contributed by atoms with Gasteiger partial charge >= 0.3 is 12.4 Å². The topological polar surface area (TPSA) is 84.7 Å². The van der Waals surface area contributed by atoms with Gasteiger partial charge in [0.25, 0.3) is 0 Å². The summed E-state index contributed by atoms with van der Waals surface area (Å²) in [6, 6.07) is 4.45. The monoisotopic (exact) mass is 400 g/mol. The summed E-state index contributed by atoms with van der Waals surface area (Å²) in [5, 5.41) is 2.85. The van der Waals surface area contributed by atoms with Crippen LogP contribution in [-0.4, -0.2) is 36.3 Å². The van der Waals surface area contributed by atoms with Crippen LogP contribution in [-0.2, 0) is 4.79 Å². The van der Waals surface area contributed by atoms with E-state index in [9.17, 15) is 22.8 Å². The molecule has 1 aliphatic rings. The fourth-order valence-electron chi connectivity index (χ4n) is 3.24. The third-order valence-corrected chi connectivity index (χ3v) is 4.61. The van der Waals surface area contributed by atoms with Crippen LogP contribution in [0.5, 0.6) is 5.75 Å². The molecule has 1 aliphatic carbocycles. The second kappa shape index (κ2) is 10.2. The van der Waals surface area contributed by atoms with Crippen molar-refractivity contribution in [2.75, 3.05) is 18.4 Å². The first-order valence-electron chi connectivity index (χ1n) is 9.28. The first-order chi connectivity index (χ1) is 13.2. The fraction of sp³-hybridized carbons (Fsp3) is 0.526. The molecule has 3 amide bonds. The van der Waals surface area contributed by atoms with Crippen molar-refractivity contribution < 1.29 is 27.5 Å². The number of hydrogen-bond acceptors (Lipinski definition) is 4. The first kappa shape index (κ1) is 21.8. The van der Waals surface area contributed by atoms with Crippen LogP contribution >= 0.6 is 0 Å². The SMILES string of the molecule is NC(=O)N(CCNc1cccc(OC(F)(F)F)c1)C(=O)[CH]CC1CCCCC1. The lowest BCUT2D eigenvalue weighted by Crippen LogP contribution is -2.43. The van der Waals surface area contributed by atoms with Gasteiger partial charge < -0.3 is 15.8 Å². The molecule has 0 spiro atoms. The smallest absolute Gasteiger partial charge is 0.406 e. The van der Waals surface area contributed by atoms with E-state index in [1.807, 2.05) is 0 Å². The van der Waals surface area contributed by atoms with Gasteiger partial charge in [-0.1, -0.05) is 38.2 Å². The Morgan fingerprint density at radius 2 is 1.96 bits per heavy atom. The molecule has 1 aromatic carbocycles. The Kier molecular flexibility index (Phi) is 7.95. The molecule has 0 aromatic heterocycles. The lowest BCUT2D eigenvalue weighted by molar-refractivity contribution is -0.274. The van der Waals surface area contributed by atoms with Gasteiger partial charge in [-0.25, -0.2) is 4.79 Å². The van der Waals surface area contributed by atoms with E-state index in [0.717, 1.165) is 30.6 Å². The summed E-state index contributed by atoms with van der Waals surface area (Å²) < 4.78 is 40.7. The van der Waals surface area contributed by atoms with Crippen LogP contribution in [0, 0.1) is 12.3 Å². The molecule has 9 heteroatoms. The largest absolute Gasteiger partial charge is 0.573 e. The number of alkyl halides is 3. The summed E-state index contributed by atoms with van der Waals surface area (Å²) >= 11 is 0. The Morgan fingerprint density at radius 3 is 2.61 bits per heavy atom. The summed E-state index contributed by atoms with van der Waals surface area (Å²) in [6.07, 6.45) is 3.04. The highest BCUT2D eigenvalue weighted by atomic mass is 19.4. The van der Waals surface area contributed by atoms with Gasteiger partial charge in [0.1, 0.15) is 5.75 Å². The fourth-order valence-corrected chi connectivity index (χ4v) is 3.24. The third kappa shape index (κ3) is 7.66. The molecule has 1 saturated carbocycles. The van der Waals surface area contributed by atoms with E-state index in [4.69, 9.17) is 5.73 Å². The zero-order valence-corrected chi connectivity index (χ0v) is 15.5. The number of carbonyl (C=O) groups excluding carboxylic acids is 2. The zero-order valence-electron chi connectivity index (χ0n) is 15.5. The third-order valence-electron chi connectivity index (χ3n) is 4.61. The van der Waals surface area contributed by atoms with Crippen molar-refractivity contribution in [3.8, 4) is 5.75 Å². The van der Waals surface area contributed by atoms with Gasteiger partial charge in [-0.15, -0.1) is 13.2 Å². The molecule has 155 valence electrons. The number of imide groups is 1. The van der Waals surface area contributed by atoms with Gasteiger partial charge in [0.15, 0.2) is 0 Å². The normalized spacial score (nSPS) is 15.1. The second-order valence-electron chi connectivity index (χ2n) is 6.77. The Balaban J connectivity index is 1.81. The minimum Gasteiger partial charge on any atom is -0.406 e. The quantitative estimate of drug-likeness (QED) is 0.689. The van der Waals surface area contributed by atoms with Crippen molar-refractivity contribution in [1.29, 1.82) is 0 Å². The predicted molar refractivity (Wildman–Crippen MR) is 98.4 cm³/mol. The molecule has 1 radical (unpaired) electrons. The van der Waals surface area contributed by atoms with Crippen molar-refractivity contribution >= 4 is 17.6 Å². The molecule has 0 aliphatic heterocycles. The number of hydrogen-bond donors (Lipinski definition) is 2. The standard InChI is InChI=1S/C19H25F3N3O3/c20-19(21,22)28-16-8-4-7-15(13-16)24-11-12-25(18(23)27)17(26)10-9-14-5-2-1-3-6-14/h4,7-8,10,13-14,24H,1-3,5-6,9,11-12H2,(H2,23,27). The van der Waals surface area contributed by atoms with Crippen molar-refractivity contribution in [2.24, 2.45) is 11.7 Å². The molecule has 2 rings (SSSR count). The van der Waals surface area contributed by atoms with E-state index in [-0.39, 0.29) is 18.8 Å². The maximum atomic E-state index is 12.3. The lowest BCUT2D eigenvalue weighted by Gasteiger charge is -2.23. The summed E-state index contributed by atoms with van der Waals surface area (Å²) in [5.41, 5.74) is 5.66. The number of rotatable bonds is 8. The van der Waals surface area contributed by atoms with Crippen LogP contribution in [0.15, 0.2) is 24.3 Å². The Labute approximate surface area is 162 Å². The van der Waals surface area contributed by atoms with Crippen LogP contribution in [0.1, 0.15) is 38.5 Å². The Bertz CT molecular complexity index is 661. The van der Waals surface area contributed by atoms with Gasteiger partial charge in [0.05, 0.1) is 6.42 Å². The molecule has 3 N–H and O–H groups in total. The van der Waals surface area contributed by atoms with E-state index >= 15 is 0 Å². The number of carbonyl (C=O) groups is 2. The van der Waals surface area contributed by atoms with Gasteiger partial charge in [-0.05, 0) is 24.5 Å². The van der Waals surface area contributed by atoms with Gasteiger partial charge in [0.2, 0.25) is 5.91 Å². The van der Waals surface area contributed by atoms with Crippen LogP contribution in [0.25, 0.3) is 0 Å². The minimum atomic E-state index is -4.78. The molecule has 6 nitrogen and oxygen atoms in total. The summed E-state index contributed by atoms with van der Waals surface area (Å²) in [7, 11) is 0. The highest BCUT2D eigenvalue weighted by Gasteiger charge is 2.31. The van der Waals surface area contributed by atoms with Crippen LogP contribution in [0.4, 0.5) is 23.7 Å². The molecule has 0 bridgehead atoms. The molecule has 0 atom stereocenters. The number of anilines is 1. The van der Waals surface area contributed by atoms with Crippen LogP contribution in [0.3, 0.4) is 0 Å². The number of ether oxygens (including phenoxy) is 1. The lowest BCUT2D eigenvalue weighted by atomic mass is 9.86. The van der Waals surface area contributed by atoms with Crippen LogP contribution in [0.2, 0.25) is 0 Å². The summed E-state index contributed by atoms with van der Waals surface area (Å²) in [4.78, 5) is 24.8. The van der Waals surface area contributed by atoms with E-state index in [1.165, 1.54) is 31.0 Å². The highest BCUT2D eigenvalue weighted by Crippen LogP contribution is 2.27. The number of primary amides is 1. The maximum Gasteiger partial charge on any atom is 0.573 e. The molecular weight excluding hydrogens is 375 g/mol. The number of halogens is 3. The van der Waals surface area contributed by atoms with Crippen molar-refractivity contribution in [1.82, 2.24) is 4.90 Å². The molecule has 1 fully saturated rings. The van der Waals surface area contributed by atoms with Crippen LogP contribution < -0.4 is 15.8 Å². The van der Waals surface area contributed by atoms with E-state index in [1.54, 1.807) is 6.07 Å².